The molecular weight excluding hydrogens is 568 g/mol. The number of methoxy groups -OCH3 is 1. The second-order valence-corrected chi connectivity index (χ2v) is 12.2. The number of ether oxygens (including phenoxy) is 2. The second-order valence-electron chi connectivity index (χ2n) is 11.8. The topological polar surface area (TPSA) is 99.5 Å². The number of nitrogens with zero attached hydrogens (tertiary/aromatic N) is 2. The predicted molar refractivity (Wildman–Crippen MR) is 166 cm³/mol. The molecule has 1 unspecified atom stereocenters. The third kappa shape index (κ3) is 6.23. The van der Waals surface area contributed by atoms with Crippen molar-refractivity contribution in [2.24, 2.45) is 5.92 Å². The molecule has 2 N–H and O–H groups in total. The fourth-order valence-electron chi connectivity index (χ4n) is 6.32. The molecule has 5 rings (SSSR count). The molecule has 43 heavy (non-hydrogen) atoms. The van der Waals surface area contributed by atoms with Gasteiger partial charge in [-0.25, -0.2) is 0 Å². The van der Waals surface area contributed by atoms with E-state index in [0.717, 1.165) is 22.3 Å². The molecule has 8 nitrogen and oxygen atoms in total. The molecule has 0 radical (unpaired) electrons. The SMILES string of the molecule is COc1cc2c(cc1OC(C)C)[C@H](c1ccc(Cl)cc1)N(c1ccc(C(C)(O)C3CCN(C(=O)CO)CC3)cc1)C(=O)C2. The molecular formula is C34H39ClN2O6. The van der Waals surface area contributed by atoms with Crippen molar-refractivity contribution in [1.82, 2.24) is 4.90 Å². The van der Waals surface area contributed by atoms with Crippen LogP contribution in [0.3, 0.4) is 0 Å². The van der Waals surface area contributed by atoms with Gasteiger partial charge in [0.15, 0.2) is 11.5 Å². The van der Waals surface area contributed by atoms with Crippen LogP contribution in [-0.2, 0) is 21.6 Å². The van der Waals surface area contributed by atoms with Gasteiger partial charge >= 0.3 is 0 Å². The summed E-state index contributed by atoms with van der Waals surface area (Å²) in [4.78, 5) is 29.2. The van der Waals surface area contributed by atoms with E-state index in [2.05, 4.69) is 0 Å². The summed E-state index contributed by atoms with van der Waals surface area (Å²) >= 11 is 6.24. The quantitative estimate of drug-likeness (QED) is 0.363. The Balaban J connectivity index is 1.50. The van der Waals surface area contributed by atoms with E-state index in [1.165, 1.54) is 0 Å². The smallest absolute Gasteiger partial charge is 0.248 e. The molecule has 228 valence electrons. The number of hydrogen-bond acceptors (Lipinski definition) is 6. The normalized spacial score (nSPS) is 18.8. The minimum atomic E-state index is -1.12. The summed E-state index contributed by atoms with van der Waals surface area (Å²) in [6, 6.07) is 18.5. The molecule has 2 amide bonds. The van der Waals surface area contributed by atoms with Gasteiger partial charge in [-0.1, -0.05) is 35.9 Å². The lowest BCUT2D eigenvalue weighted by Gasteiger charge is -2.40. The lowest BCUT2D eigenvalue weighted by Crippen LogP contribution is -2.45. The van der Waals surface area contributed by atoms with Crippen molar-refractivity contribution in [1.29, 1.82) is 0 Å². The highest BCUT2D eigenvalue weighted by Gasteiger charge is 2.39. The van der Waals surface area contributed by atoms with E-state index >= 15 is 0 Å². The summed E-state index contributed by atoms with van der Waals surface area (Å²) in [7, 11) is 1.59. The first-order chi connectivity index (χ1) is 20.5. The van der Waals surface area contributed by atoms with Crippen molar-refractivity contribution in [3.05, 3.63) is 87.9 Å². The zero-order valence-electron chi connectivity index (χ0n) is 25.0. The number of carbonyl (C=O) groups excluding carboxylic acids is 2. The van der Waals surface area contributed by atoms with E-state index in [0.29, 0.717) is 48.1 Å². The van der Waals surface area contributed by atoms with Crippen molar-refractivity contribution in [2.45, 2.75) is 57.8 Å². The number of aliphatic hydroxyl groups excluding tert-OH is 1. The monoisotopic (exact) mass is 606 g/mol. The summed E-state index contributed by atoms with van der Waals surface area (Å²) in [5, 5.41) is 21.4. The highest BCUT2D eigenvalue weighted by atomic mass is 35.5. The Hall–Kier alpha value is -3.59. The maximum Gasteiger partial charge on any atom is 0.248 e. The first kappa shape index (κ1) is 30.9. The number of likely N-dealkylation sites (tertiary alicyclic amines) is 1. The van der Waals surface area contributed by atoms with Crippen molar-refractivity contribution in [3.8, 4) is 11.5 Å². The zero-order valence-corrected chi connectivity index (χ0v) is 25.8. The minimum absolute atomic E-state index is 0.0548. The molecule has 0 aromatic heterocycles. The van der Waals surface area contributed by atoms with Gasteiger partial charge in [-0.3, -0.25) is 9.59 Å². The van der Waals surface area contributed by atoms with Crippen LogP contribution < -0.4 is 14.4 Å². The predicted octanol–water partition coefficient (Wildman–Crippen LogP) is 5.25. The molecule has 3 aromatic carbocycles. The number of anilines is 1. The molecule has 1 fully saturated rings. The van der Waals surface area contributed by atoms with Gasteiger partial charge < -0.3 is 29.5 Å². The average molecular weight is 607 g/mol. The Morgan fingerprint density at radius 1 is 1.05 bits per heavy atom. The fraction of sp³-hybridized carbons (Fsp3) is 0.412. The lowest BCUT2D eigenvalue weighted by molar-refractivity contribution is -0.137. The van der Waals surface area contributed by atoms with Crippen LogP contribution >= 0.6 is 11.6 Å². The number of carbonyl (C=O) groups is 2. The lowest BCUT2D eigenvalue weighted by atomic mass is 9.77. The summed E-state index contributed by atoms with van der Waals surface area (Å²) in [6.07, 6.45) is 1.39. The van der Waals surface area contributed by atoms with Crippen LogP contribution in [0.2, 0.25) is 5.02 Å². The number of halogens is 1. The van der Waals surface area contributed by atoms with Crippen LogP contribution in [0.1, 0.15) is 61.9 Å². The summed E-state index contributed by atoms with van der Waals surface area (Å²) in [5.41, 5.74) is 3.05. The number of fused-ring (bicyclic) bond motifs is 1. The standard InChI is InChI=1S/C34H39ClN2O6/c1-21(2)43-30-19-28-23(17-29(30)42-4)18-31(39)37(33(28)22-5-9-26(35)10-6-22)27-11-7-24(8-12-27)34(3,41)25-13-15-36(16-14-25)32(40)20-38/h5-12,17,19,21,25,33,38,41H,13-16,18,20H2,1-4H3/t33-,34?/m0/s1. The van der Waals surface area contributed by atoms with E-state index in [-0.39, 0.29) is 30.3 Å². The molecule has 2 heterocycles. The van der Waals surface area contributed by atoms with Crippen molar-refractivity contribution in [2.75, 3.05) is 31.7 Å². The molecule has 0 spiro atoms. The van der Waals surface area contributed by atoms with Crippen LogP contribution in [0.5, 0.6) is 11.5 Å². The largest absolute Gasteiger partial charge is 0.493 e. The molecule has 9 heteroatoms. The van der Waals surface area contributed by atoms with E-state index < -0.39 is 18.2 Å². The van der Waals surface area contributed by atoms with Crippen LogP contribution in [0, 0.1) is 5.92 Å². The first-order valence-electron chi connectivity index (χ1n) is 14.7. The van der Waals surface area contributed by atoms with Crippen LogP contribution in [0.15, 0.2) is 60.7 Å². The first-order valence-corrected chi connectivity index (χ1v) is 15.1. The van der Waals surface area contributed by atoms with Gasteiger partial charge in [0.1, 0.15) is 6.61 Å². The van der Waals surface area contributed by atoms with Crippen LogP contribution in [0.25, 0.3) is 0 Å². The molecule has 0 saturated carbocycles. The number of rotatable bonds is 8. The minimum Gasteiger partial charge on any atom is -0.493 e. The summed E-state index contributed by atoms with van der Waals surface area (Å²) < 4.78 is 11.7. The number of hydrogen-bond donors (Lipinski definition) is 2. The van der Waals surface area contributed by atoms with E-state index in [1.54, 1.807) is 23.8 Å². The Bertz CT molecular complexity index is 1460. The van der Waals surface area contributed by atoms with Gasteiger partial charge in [0.05, 0.1) is 31.3 Å². The van der Waals surface area contributed by atoms with E-state index in [9.17, 15) is 19.8 Å². The number of aliphatic hydroxyl groups is 2. The highest BCUT2D eigenvalue weighted by molar-refractivity contribution is 6.30. The number of amides is 2. The van der Waals surface area contributed by atoms with Gasteiger partial charge in [-0.2, -0.15) is 0 Å². The van der Waals surface area contributed by atoms with Crippen molar-refractivity contribution < 1.29 is 29.3 Å². The van der Waals surface area contributed by atoms with Gasteiger partial charge in [0.2, 0.25) is 11.8 Å². The average Bonchev–Trinajstić information content (AvgIpc) is 3.00. The van der Waals surface area contributed by atoms with Crippen molar-refractivity contribution in [3.63, 3.8) is 0 Å². The Morgan fingerprint density at radius 3 is 2.28 bits per heavy atom. The molecule has 2 aliphatic rings. The Labute approximate surface area is 257 Å². The Morgan fingerprint density at radius 2 is 1.70 bits per heavy atom. The third-order valence-corrected chi connectivity index (χ3v) is 8.90. The summed E-state index contributed by atoms with van der Waals surface area (Å²) in [6.45, 7) is 6.21. The molecule has 1 saturated heterocycles. The summed E-state index contributed by atoms with van der Waals surface area (Å²) in [5.74, 6) is 0.796. The Kier molecular flexibility index (Phi) is 9.02. The molecule has 0 bridgehead atoms. The molecule has 3 aromatic rings. The molecule has 2 aliphatic heterocycles. The second kappa shape index (κ2) is 12.6. The number of benzene rings is 3. The van der Waals surface area contributed by atoms with Gasteiger partial charge in [0.25, 0.3) is 0 Å². The van der Waals surface area contributed by atoms with E-state index in [1.807, 2.05) is 74.5 Å². The van der Waals surface area contributed by atoms with Crippen molar-refractivity contribution >= 4 is 29.1 Å². The van der Waals surface area contributed by atoms with Crippen LogP contribution in [-0.4, -0.2) is 59.8 Å². The third-order valence-electron chi connectivity index (χ3n) is 8.64. The van der Waals surface area contributed by atoms with Gasteiger partial charge in [-0.05, 0) is 98.2 Å². The fourth-order valence-corrected chi connectivity index (χ4v) is 6.44. The molecule has 2 atom stereocenters. The highest BCUT2D eigenvalue weighted by Crippen LogP contribution is 2.44. The van der Waals surface area contributed by atoms with Crippen LogP contribution in [0.4, 0.5) is 5.69 Å². The van der Waals surface area contributed by atoms with Gasteiger partial charge in [-0.15, -0.1) is 0 Å². The number of piperidine rings is 1. The van der Waals surface area contributed by atoms with Gasteiger partial charge in [0, 0.05) is 23.8 Å². The zero-order chi connectivity index (χ0) is 30.9. The van der Waals surface area contributed by atoms with E-state index in [4.69, 9.17) is 21.1 Å². The maximum absolute atomic E-state index is 13.8. The molecule has 0 aliphatic carbocycles. The maximum atomic E-state index is 13.8.